The molecule has 0 aliphatic heterocycles. The van der Waals surface area contributed by atoms with Crippen molar-refractivity contribution in [1.82, 2.24) is 0 Å². The zero-order valence-electron chi connectivity index (χ0n) is 26.4. The van der Waals surface area contributed by atoms with E-state index >= 15 is 0 Å². The highest BCUT2D eigenvalue weighted by Crippen LogP contribution is 2.13. The number of rotatable bonds is 30. The summed E-state index contributed by atoms with van der Waals surface area (Å²) in [5, 5.41) is 9.49. The summed E-state index contributed by atoms with van der Waals surface area (Å²) in [6, 6.07) is 0. The molecule has 40 heavy (non-hydrogen) atoms. The molecular weight excluding hydrogens is 500 g/mol. The van der Waals surface area contributed by atoms with Gasteiger partial charge in [0.25, 0.3) is 0 Å². The Balaban J connectivity index is 3.60. The van der Waals surface area contributed by atoms with Crippen molar-refractivity contribution in [2.24, 2.45) is 0 Å². The number of carbonyl (C=O) groups excluding carboxylic acids is 2. The number of hydrogen-bond donors (Lipinski definition) is 1. The quantitative estimate of drug-likeness (QED) is 0.0534. The van der Waals surface area contributed by atoms with Crippen LogP contribution >= 0.6 is 0 Å². The summed E-state index contributed by atoms with van der Waals surface area (Å²) in [5.74, 6) is -0.606. The minimum absolute atomic E-state index is 0.0681. The van der Waals surface area contributed by atoms with Gasteiger partial charge in [-0.2, -0.15) is 0 Å². The maximum absolute atomic E-state index is 12.1. The Labute approximate surface area is 247 Å². The smallest absolute Gasteiger partial charge is 0.306 e. The molecule has 5 heteroatoms. The Morgan fingerprint density at radius 1 is 0.575 bits per heavy atom. The lowest BCUT2D eigenvalue weighted by Crippen LogP contribution is -2.28. The molecule has 234 valence electrons. The zero-order chi connectivity index (χ0) is 29.4. The third-order valence-corrected chi connectivity index (χ3v) is 7.25. The highest BCUT2D eigenvalue weighted by atomic mass is 16.6. The van der Waals surface area contributed by atoms with Crippen LogP contribution in [0.3, 0.4) is 0 Å². The molecule has 0 rings (SSSR count). The molecule has 0 aromatic carbocycles. The number of carbonyl (C=O) groups is 2. The van der Waals surface area contributed by atoms with E-state index in [1.807, 2.05) is 0 Å². The van der Waals surface area contributed by atoms with Crippen molar-refractivity contribution < 1.29 is 24.2 Å². The standard InChI is InChI=1S/C35H64O5/c1-3-5-7-9-11-13-15-17-18-20-22-24-26-28-30-35(38)40-33(31-36)32-39-34(37)29-27-25-23-21-19-16-14-12-10-8-6-4-2/h9,11,15,17,33,36H,3-8,10,12-14,16,18-32H2,1-2H3/b11-9+,17-15+/t33-/m0/s1. The molecule has 0 aromatic heterocycles. The fraction of sp³-hybridized carbons (Fsp3) is 0.829. The lowest BCUT2D eigenvalue weighted by molar-refractivity contribution is -0.161. The Morgan fingerprint density at radius 3 is 1.55 bits per heavy atom. The van der Waals surface area contributed by atoms with Gasteiger partial charge in [0, 0.05) is 12.8 Å². The number of hydrogen-bond acceptors (Lipinski definition) is 5. The van der Waals surface area contributed by atoms with Gasteiger partial charge in [-0.25, -0.2) is 0 Å². The number of esters is 2. The molecule has 0 aliphatic carbocycles. The largest absolute Gasteiger partial charge is 0.462 e. The SMILES string of the molecule is CCCC/C=C/C/C=C/CCCCCCCC(=O)O[C@@H](CO)COC(=O)CCCCCCCCCCCCCC. The highest BCUT2D eigenvalue weighted by molar-refractivity contribution is 5.70. The predicted octanol–water partition coefficient (Wildman–Crippen LogP) is 9.95. The summed E-state index contributed by atoms with van der Waals surface area (Å²) >= 11 is 0. The second-order valence-corrected chi connectivity index (χ2v) is 11.2. The van der Waals surface area contributed by atoms with E-state index < -0.39 is 6.10 Å². The topological polar surface area (TPSA) is 72.8 Å². The van der Waals surface area contributed by atoms with Crippen LogP contribution in [-0.2, 0) is 19.1 Å². The Kier molecular flexibility index (Phi) is 30.6. The average molecular weight is 565 g/mol. The van der Waals surface area contributed by atoms with E-state index in [1.165, 1.54) is 89.9 Å². The molecule has 0 aliphatic rings. The van der Waals surface area contributed by atoms with Gasteiger partial charge in [-0.1, -0.05) is 141 Å². The monoisotopic (exact) mass is 564 g/mol. The van der Waals surface area contributed by atoms with Crippen molar-refractivity contribution in [2.75, 3.05) is 13.2 Å². The normalized spacial score (nSPS) is 12.4. The van der Waals surface area contributed by atoms with E-state index in [1.54, 1.807) is 0 Å². The fourth-order valence-electron chi connectivity index (χ4n) is 4.63. The van der Waals surface area contributed by atoms with Crippen molar-refractivity contribution in [3.05, 3.63) is 24.3 Å². The van der Waals surface area contributed by atoms with Gasteiger partial charge in [-0.3, -0.25) is 9.59 Å². The maximum Gasteiger partial charge on any atom is 0.306 e. The number of aliphatic hydroxyl groups excluding tert-OH is 1. The van der Waals surface area contributed by atoms with Gasteiger partial charge in [0.2, 0.25) is 0 Å². The van der Waals surface area contributed by atoms with Gasteiger partial charge in [0.15, 0.2) is 6.10 Å². The summed E-state index contributed by atoms with van der Waals surface area (Å²) in [5.41, 5.74) is 0. The van der Waals surface area contributed by atoms with Crippen molar-refractivity contribution >= 4 is 11.9 Å². The molecule has 0 saturated carbocycles. The first-order valence-electron chi connectivity index (χ1n) is 16.9. The number of aliphatic hydroxyl groups is 1. The van der Waals surface area contributed by atoms with Crippen molar-refractivity contribution in [3.63, 3.8) is 0 Å². The maximum atomic E-state index is 12.1. The summed E-state index contributed by atoms with van der Waals surface area (Å²) in [6.07, 6.45) is 35.1. The van der Waals surface area contributed by atoms with E-state index in [0.717, 1.165) is 51.4 Å². The second kappa shape index (κ2) is 31.9. The number of allylic oxidation sites excluding steroid dienone is 4. The summed E-state index contributed by atoms with van der Waals surface area (Å²) in [4.78, 5) is 24.1. The predicted molar refractivity (Wildman–Crippen MR) is 168 cm³/mol. The number of unbranched alkanes of at least 4 members (excludes halogenated alkanes) is 18. The van der Waals surface area contributed by atoms with E-state index in [4.69, 9.17) is 9.47 Å². The van der Waals surface area contributed by atoms with Crippen LogP contribution in [0, 0.1) is 0 Å². The van der Waals surface area contributed by atoms with Crippen LogP contribution in [0.15, 0.2) is 24.3 Å². The Bertz CT molecular complexity index is 613. The van der Waals surface area contributed by atoms with E-state index in [0.29, 0.717) is 12.8 Å². The summed E-state index contributed by atoms with van der Waals surface area (Å²) < 4.78 is 10.5. The van der Waals surface area contributed by atoms with Gasteiger partial charge < -0.3 is 14.6 Å². The molecule has 0 spiro atoms. The van der Waals surface area contributed by atoms with Crippen LogP contribution in [-0.4, -0.2) is 36.4 Å². The number of ether oxygens (including phenoxy) is 2. The van der Waals surface area contributed by atoms with Crippen molar-refractivity contribution in [2.45, 2.75) is 174 Å². The molecule has 0 heterocycles. The molecule has 0 unspecified atom stereocenters. The van der Waals surface area contributed by atoms with Crippen LogP contribution < -0.4 is 0 Å². The van der Waals surface area contributed by atoms with Crippen LogP contribution in [0.4, 0.5) is 0 Å². The molecule has 1 atom stereocenters. The van der Waals surface area contributed by atoms with Crippen LogP contribution in [0.1, 0.15) is 168 Å². The zero-order valence-corrected chi connectivity index (χ0v) is 26.4. The molecule has 5 nitrogen and oxygen atoms in total. The van der Waals surface area contributed by atoms with Gasteiger partial charge in [-0.05, 0) is 38.5 Å². The minimum Gasteiger partial charge on any atom is -0.462 e. The van der Waals surface area contributed by atoms with Crippen molar-refractivity contribution in [3.8, 4) is 0 Å². The Hall–Kier alpha value is -1.62. The van der Waals surface area contributed by atoms with E-state index in [9.17, 15) is 14.7 Å². The lowest BCUT2D eigenvalue weighted by Gasteiger charge is -2.15. The molecule has 0 amide bonds. The first-order valence-corrected chi connectivity index (χ1v) is 16.9. The van der Waals surface area contributed by atoms with E-state index in [2.05, 4.69) is 38.2 Å². The molecule has 0 bridgehead atoms. The molecular formula is C35H64O5. The molecule has 1 N–H and O–H groups in total. The van der Waals surface area contributed by atoms with Gasteiger partial charge in [0.05, 0.1) is 6.61 Å². The highest BCUT2D eigenvalue weighted by Gasteiger charge is 2.16. The lowest BCUT2D eigenvalue weighted by atomic mass is 10.0. The van der Waals surface area contributed by atoms with E-state index in [-0.39, 0.29) is 25.2 Å². The molecule has 0 radical (unpaired) electrons. The van der Waals surface area contributed by atoms with Crippen LogP contribution in [0.25, 0.3) is 0 Å². The average Bonchev–Trinajstić information content (AvgIpc) is 2.96. The molecule has 0 aromatic rings. The summed E-state index contributed by atoms with van der Waals surface area (Å²) in [7, 11) is 0. The van der Waals surface area contributed by atoms with Crippen LogP contribution in [0.2, 0.25) is 0 Å². The summed E-state index contributed by atoms with van der Waals surface area (Å²) in [6.45, 7) is 4.07. The van der Waals surface area contributed by atoms with Gasteiger partial charge in [-0.15, -0.1) is 0 Å². The Morgan fingerprint density at radius 2 is 1.02 bits per heavy atom. The van der Waals surface area contributed by atoms with Gasteiger partial charge >= 0.3 is 11.9 Å². The fourth-order valence-corrected chi connectivity index (χ4v) is 4.63. The first-order chi connectivity index (χ1) is 19.6. The van der Waals surface area contributed by atoms with Crippen LogP contribution in [0.5, 0.6) is 0 Å². The molecule has 0 fully saturated rings. The second-order valence-electron chi connectivity index (χ2n) is 11.2. The molecule has 0 saturated heterocycles. The third-order valence-electron chi connectivity index (χ3n) is 7.25. The first kappa shape index (κ1) is 38.4. The minimum atomic E-state index is -0.772. The van der Waals surface area contributed by atoms with Gasteiger partial charge in [0.1, 0.15) is 6.61 Å². The third kappa shape index (κ3) is 29.4. The van der Waals surface area contributed by atoms with Crippen molar-refractivity contribution in [1.29, 1.82) is 0 Å².